The van der Waals surface area contributed by atoms with Gasteiger partial charge in [-0.2, -0.15) is 0 Å². The molecule has 0 bridgehead atoms. The second kappa shape index (κ2) is 4.42. The summed E-state index contributed by atoms with van der Waals surface area (Å²) >= 11 is 1.40. The van der Waals surface area contributed by atoms with E-state index in [2.05, 4.69) is 22.5 Å². The summed E-state index contributed by atoms with van der Waals surface area (Å²) in [6.07, 6.45) is 6.03. The first-order chi connectivity index (χ1) is 8.72. The third kappa shape index (κ3) is 2.09. The first kappa shape index (κ1) is 11.2. The normalized spacial score (nSPS) is 15.3. The Morgan fingerprint density at radius 2 is 2.17 bits per heavy atom. The second-order valence-electron chi connectivity index (χ2n) is 4.35. The molecule has 3 N–H and O–H groups in total. The van der Waals surface area contributed by atoms with Crippen molar-refractivity contribution in [3.05, 3.63) is 35.9 Å². The van der Waals surface area contributed by atoms with Gasteiger partial charge in [0.2, 0.25) is 0 Å². The lowest BCUT2D eigenvalue weighted by molar-refractivity contribution is 0.0939. The summed E-state index contributed by atoms with van der Waals surface area (Å²) in [6, 6.07) is 5.71. The number of thiazole rings is 1. The van der Waals surface area contributed by atoms with Crippen molar-refractivity contribution in [1.29, 1.82) is 0 Å². The first-order valence-corrected chi connectivity index (χ1v) is 6.66. The zero-order valence-corrected chi connectivity index (χ0v) is 10.5. The molecule has 0 fully saturated rings. The van der Waals surface area contributed by atoms with Gasteiger partial charge in [-0.1, -0.05) is 23.5 Å². The Kier molecular flexibility index (Phi) is 2.76. The Bertz CT molecular complexity index is 624. The molecule has 4 nitrogen and oxygen atoms in total. The molecule has 5 heteroatoms. The van der Waals surface area contributed by atoms with Crippen LogP contribution in [0.1, 0.15) is 23.2 Å². The highest BCUT2D eigenvalue weighted by molar-refractivity contribution is 7.22. The van der Waals surface area contributed by atoms with Gasteiger partial charge in [0.15, 0.2) is 5.13 Å². The topological polar surface area (TPSA) is 68.0 Å². The number of carbonyl (C=O) groups excluding carboxylic acids is 1. The van der Waals surface area contributed by atoms with Crippen molar-refractivity contribution in [1.82, 2.24) is 10.3 Å². The van der Waals surface area contributed by atoms with Gasteiger partial charge in [0.05, 0.1) is 10.2 Å². The Morgan fingerprint density at radius 3 is 2.94 bits per heavy atom. The fourth-order valence-corrected chi connectivity index (χ4v) is 2.86. The van der Waals surface area contributed by atoms with Crippen LogP contribution in [0.5, 0.6) is 0 Å². The SMILES string of the molecule is Nc1nc2ccc(C(=O)NC3CC=CC3)cc2s1. The monoisotopic (exact) mass is 259 g/mol. The molecule has 0 atom stereocenters. The summed E-state index contributed by atoms with van der Waals surface area (Å²) in [4.78, 5) is 16.2. The molecule has 0 saturated carbocycles. The van der Waals surface area contributed by atoms with Gasteiger partial charge in [0.1, 0.15) is 0 Å². The second-order valence-corrected chi connectivity index (χ2v) is 5.41. The number of hydrogen-bond donors (Lipinski definition) is 2. The van der Waals surface area contributed by atoms with Gasteiger partial charge in [-0.3, -0.25) is 4.79 Å². The number of nitrogens with two attached hydrogens (primary N) is 1. The number of anilines is 1. The van der Waals surface area contributed by atoms with Crippen LogP contribution in [-0.4, -0.2) is 16.9 Å². The van der Waals surface area contributed by atoms with E-state index in [0.717, 1.165) is 23.1 Å². The molecule has 1 heterocycles. The zero-order chi connectivity index (χ0) is 12.5. The van der Waals surface area contributed by atoms with E-state index in [0.29, 0.717) is 10.7 Å². The Hall–Kier alpha value is -1.88. The number of rotatable bonds is 2. The Morgan fingerprint density at radius 1 is 1.39 bits per heavy atom. The highest BCUT2D eigenvalue weighted by atomic mass is 32.1. The molecule has 92 valence electrons. The lowest BCUT2D eigenvalue weighted by atomic mass is 10.1. The smallest absolute Gasteiger partial charge is 0.251 e. The standard InChI is InChI=1S/C13H13N3OS/c14-13-16-10-6-5-8(7-11(10)18-13)12(17)15-9-3-1-2-4-9/h1-2,5-7,9H,3-4H2,(H2,14,16)(H,15,17). The van der Waals surface area contributed by atoms with E-state index in [-0.39, 0.29) is 11.9 Å². The molecule has 1 amide bonds. The van der Waals surface area contributed by atoms with Crippen LogP contribution in [0.15, 0.2) is 30.4 Å². The number of aromatic nitrogens is 1. The van der Waals surface area contributed by atoms with Crippen LogP contribution in [0.4, 0.5) is 5.13 Å². The maximum Gasteiger partial charge on any atom is 0.251 e. The molecule has 1 aliphatic rings. The van der Waals surface area contributed by atoms with Gasteiger partial charge in [-0.15, -0.1) is 0 Å². The molecule has 0 saturated heterocycles. The van der Waals surface area contributed by atoms with Crippen LogP contribution in [0, 0.1) is 0 Å². The van der Waals surface area contributed by atoms with E-state index < -0.39 is 0 Å². The number of amides is 1. The summed E-state index contributed by atoms with van der Waals surface area (Å²) in [5.41, 5.74) is 7.16. The summed E-state index contributed by atoms with van der Waals surface area (Å²) in [6.45, 7) is 0. The number of nitrogens with one attached hydrogen (secondary N) is 1. The fraction of sp³-hybridized carbons (Fsp3) is 0.231. The third-order valence-electron chi connectivity index (χ3n) is 3.01. The largest absolute Gasteiger partial charge is 0.375 e. The van der Waals surface area contributed by atoms with Crippen molar-refractivity contribution in [3.63, 3.8) is 0 Å². The number of nitrogen functional groups attached to an aromatic ring is 1. The predicted octanol–water partition coefficient (Wildman–Crippen LogP) is 2.33. The third-order valence-corrected chi connectivity index (χ3v) is 3.86. The molecule has 2 aromatic rings. The average molecular weight is 259 g/mol. The molecule has 3 rings (SSSR count). The van der Waals surface area contributed by atoms with Gasteiger partial charge in [-0.05, 0) is 31.0 Å². The van der Waals surface area contributed by atoms with E-state index in [1.54, 1.807) is 6.07 Å². The predicted molar refractivity (Wildman–Crippen MR) is 73.7 cm³/mol. The maximum absolute atomic E-state index is 12.1. The summed E-state index contributed by atoms with van der Waals surface area (Å²) in [5.74, 6) is -0.0300. The molecule has 18 heavy (non-hydrogen) atoms. The molecule has 1 aromatic carbocycles. The lowest BCUT2D eigenvalue weighted by Gasteiger charge is -2.11. The van der Waals surface area contributed by atoms with Gasteiger partial charge in [-0.25, -0.2) is 4.98 Å². The van der Waals surface area contributed by atoms with Gasteiger partial charge >= 0.3 is 0 Å². The zero-order valence-electron chi connectivity index (χ0n) is 9.72. The molecule has 0 radical (unpaired) electrons. The number of benzene rings is 1. The minimum atomic E-state index is -0.0300. The molecule has 1 aliphatic carbocycles. The lowest BCUT2D eigenvalue weighted by Crippen LogP contribution is -2.32. The van der Waals surface area contributed by atoms with Crippen molar-refractivity contribution in [2.24, 2.45) is 0 Å². The number of nitrogens with zero attached hydrogens (tertiary/aromatic N) is 1. The molecular weight excluding hydrogens is 246 g/mol. The maximum atomic E-state index is 12.1. The van der Waals surface area contributed by atoms with Crippen molar-refractivity contribution in [3.8, 4) is 0 Å². The van der Waals surface area contributed by atoms with Crippen molar-refractivity contribution >= 4 is 32.6 Å². The highest BCUT2D eigenvalue weighted by Crippen LogP contribution is 2.24. The van der Waals surface area contributed by atoms with E-state index in [1.807, 2.05) is 12.1 Å². The number of fused-ring (bicyclic) bond motifs is 1. The summed E-state index contributed by atoms with van der Waals surface area (Å²) in [5, 5.41) is 3.55. The van der Waals surface area contributed by atoms with E-state index in [1.165, 1.54) is 11.3 Å². The summed E-state index contributed by atoms with van der Waals surface area (Å²) < 4.78 is 0.949. The van der Waals surface area contributed by atoms with Crippen LogP contribution < -0.4 is 11.1 Å². The molecule has 0 aliphatic heterocycles. The minimum absolute atomic E-state index is 0.0300. The molecule has 1 aromatic heterocycles. The average Bonchev–Trinajstić information content (AvgIpc) is 2.95. The Balaban J connectivity index is 1.82. The van der Waals surface area contributed by atoms with Crippen molar-refractivity contribution in [2.45, 2.75) is 18.9 Å². The van der Waals surface area contributed by atoms with Crippen LogP contribution in [-0.2, 0) is 0 Å². The Labute approximate surface area is 109 Å². The van der Waals surface area contributed by atoms with Gasteiger partial charge < -0.3 is 11.1 Å². The van der Waals surface area contributed by atoms with Gasteiger partial charge in [0.25, 0.3) is 5.91 Å². The van der Waals surface area contributed by atoms with E-state index in [9.17, 15) is 4.79 Å². The van der Waals surface area contributed by atoms with Crippen LogP contribution in [0.2, 0.25) is 0 Å². The molecule has 0 unspecified atom stereocenters. The van der Waals surface area contributed by atoms with E-state index in [4.69, 9.17) is 5.73 Å². The van der Waals surface area contributed by atoms with Crippen molar-refractivity contribution < 1.29 is 4.79 Å². The van der Waals surface area contributed by atoms with Crippen molar-refractivity contribution in [2.75, 3.05) is 5.73 Å². The number of hydrogen-bond acceptors (Lipinski definition) is 4. The van der Waals surface area contributed by atoms with Crippen LogP contribution in [0.3, 0.4) is 0 Å². The number of carbonyl (C=O) groups is 1. The summed E-state index contributed by atoms with van der Waals surface area (Å²) in [7, 11) is 0. The first-order valence-electron chi connectivity index (χ1n) is 5.84. The fourth-order valence-electron chi connectivity index (χ4n) is 2.09. The van der Waals surface area contributed by atoms with Gasteiger partial charge in [0, 0.05) is 11.6 Å². The molecular formula is C13H13N3OS. The minimum Gasteiger partial charge on any atom is -0.375 e. The molecule has 0 spiro atoms. The van der Waals surface area contributed by atoms with Crippen LogP contribution in [0.25, 0.3) is 10.2 Å². The van der Waals surface area contributed by atoms with E-state index >= 15 is 0 Å². The highest BCUT2D eigenvalue weighted by Gasteiger charge is 2.15. The van der Waals surface area contributed by atoms with Crippen LogP contribution >= 0.6 is 11.3 Å². The quantitative estimate of drug-likeness (QED) is 0.813.